The molecule has 1 rings (SSSR count). The van der Waals surface area contributed by atoms with Gasteiger partial charge in [-0.2, -0.15) is 0 Å². The lowest BCUT2D eigenvalue weighted by molar-refractivity contribution is -0.107. The first-order chi connectivity index (χ1) is 5.74. The van der Waals surface area contributed by atoms with Crippen LogP contribution in [0.3, 0.4) is 0 Å². The van der Waals surface area contributed by atoms with Crippen molar-refractivity contribution in [1.82, 2.24) is 0 Å². The molecule has 0 aliphatic heterocycles. The third-order valence-electron chi connectivity index (χ3n) is 1.61. The monoisotopic (exact) mass is 167 g/mol. The Morgan fingerprint density at radius 1 is 1.50 bits per heavy atom. The van der Waals surface area contributed by atoms with Crippen LogP contribution >= 0.6 is 0 Å². The zero-order valence-electron chi connectivity index (χ0n) is 6.59. The Balaban J connectivity index is 2.75. The van der Waals surface area contributed by atoms with E-state index in [1.54, 1.807) is 12.1 Å². The molecule has 0 amide bonds. The van der Waals surface area contributed by atoms with Crippen LogP contribution < -0.4 is 5.73 Å². The Kier molecular flexibility index (Phi) is 2.80. The molecule has 0 radical (unpaired) electrons. The normalized spacial score (nSPS) is 9.75. The molecule has 0 spiro atoms. The molecule has 2 nitrogen and oxygen atoms in total. The van der Waals surface area contributed by atoms with E-state index < -0.39 is 5.82 Å². The Morgan fingerprint density at radius 3 is 2.83 bits per heavy atom. The number of aryl methyl sites for hydroxylation is 1. The number of nitrogen functional groups attached to an aromatic ring is 1. The maximum atomic E-state index is 12.6. The highest BCUT2D eigenvalue weighted by molar-refractivity contribution is 5.51. The van der Waals surface area contributed by atoms with Crippen LogP contribution in [-0.4, -0.2) is 6.29 Å². The second-order valence-corrected chi connectivity index (χ2v) is 2.56. The first-order valence-corrected chi connectivity index (χ1v) is 3.71. The van der Waals surface area contributed by atoms with Crippen molar-refractivity contribution in [2.75, 3.05) is 5.73 Å². The lowest BCUT2D eigenvalue weighted by Gasteiger charge is -2.00. The van der Waals surface area contributed by atoms with E-state index >= 15 is 0 Å². The number of halogens is 1. The molecule has 0 heterocycles. The molecule has 0 aromatic heterocycles. The molecule has 0 aliphatic carbocycles. The third-order valence-corrected chi connectivity index (χ3v) is 1.61. The van der Waals surface area contributed by atoms with Crippen molar-refractivity contribution < 1.29 is 9.18 Å². The average Bonchev–Trinajstić information content (AvgIpc) is 2.07. The van der Waals surface area contributed by atoms with E-state index in [2.05, 4.69) is 0 Å². The summed E-state index contributed by atoms with van der Waals surface area (Å²) in [4.78, 5) is 10.0. The van der Waals surface area contributed by atoms with Crippen LogP contribution in [0.25, 0.3) is 0 Å². The second-order valence-electron chi connectivity index (χ2n) is 2.56. The number of nitrogens with two attached hydrogens (primary N) is 1. The summed E-state index contributed by atoms with van der Waals surface area (Å²) in [5.74, 6) is -0.412. The third kappa shape index (κ3) is 2.05. The van der Waals surface area contributed by atoms with Crippen molar-refractivity contribution in [1.29, 1.82) is 0 Å². The average molecular weight is 167 g/mol. The molecule has 0 bridgehead atoms. The maximum absolute atomic E-state index is 12.6. The van der Waals surface area contributed by atoms with Crippen LogP contribution in [-0.2, 0) is 11.2 Å². The Hall–Kier alpha value is -1.38. The molecule has 1 aromatic carbocycles. The van der Waals surface area contributed by atoms with E-state index in [1.807, 2.05) is 0 Å². The summed E-state index contributed by atoms with van der Waals surface area (Å²) in [5.41, 5.74) is 6.36. The van der Waals surface area contributed by atoms with E-state index in [0.717, 1.165) is 11.8 Å². The lowest BCUT2D eigenvalue weighted by Crippen LogP contribution is -1.93. The molecule has 0 atom stereocenters. The van der Waals surface area contributed by atoms with E-state index in [4.69, 9.17) is 5.73 Å². The molecule has 0 aliphatic rings. The van der Waals surface area contributed by atoms with Gasteiger partial charge in [-0.1, -0.05) is 6.07 Å². The Bertz CT molecular complexity index is 286. The molecule has 2 N–H and O–H groups in total. The minimum absolute atomic E-state index is 0.137. The van der Waals surface area contributed by atoms with Crippen LogP contribution in [0.4, 0.5) is 10.1 Å². The van der Waals surface area contributed by atoms with Gasteiger partial charge >= 0.3 is 0 Å². The fraction of sp³-hybridized carbons (Fsp3) is 0.222. The molecule has 3 heteroatoms. The molecule has 0 saturated carbocycles. The fourth-order valence-corrected chi connectivity index (χ4v) is 0.974. The van der Waals surface area contributed by atoms with Crippen molar-refractivity contribution in [3.05, 3.63) is 29.6 Å². The van der Waals surface area contributed by atoms with Gasteiger partial charge in [-0.25, -0.2) is 4.39 Å². The van der Waals surface area contributed by atoms with Crippen LogP contribution in [0.5, 0.6) is 0 Å². The summed E-state index contributed by atoms with van der Waals surface area (Å²) in [6.45, 7) is 0. The maximum Gasteiger partial charge on any atom is 0.146 e. The second kappa shape index (κ2) is 3.85. The fourth-order valence-electron chi connectivity index (χ4n) is 0.974. The molecule has 1 aromatic rings. The highest BCUT2D eigenvalue weighted by atomic mass is 19.1. The van der Waals surface area contributed by atoms with Gasteiger partial charge in [0.25, 0.3) is 0 Å². The van der Waals surface area contributed by atoms with Crippen LogP contribution in [0.1, 0.15) is 12.0 Å². The lowest BCUT2D eigenvalue weighted by atomic mass is 10.1. The van der Waals surface area contributed by atoms with Gasteiger partial charge in [0.2, 0.25) is 0 Å². The molecule has 64 valence electrons. The Morgan fingerprint density at radius 2 is 2.25 bits per heavy atom. The minimum atomic E-state index is -0.412. The Labute approximate surface area is 70.2 Å². The number of benzene rings is 1. The predicted octanol–water partition coefficient (Wildman–Crippen LogP) is 1.54. The zero-order chi connectivity index (χ0) is 8.97. The molecule has 0 saturated heterocycles. The van der Waals surface area contributed by atoms with Crippen molar-refractivity contribution in [2.45, 2.75) is 12.8 Å². The summed E-state index contributed by atoms with van der Waals surface area (Å²) in [5, 5.41) is 0. The number of hydrogen-bond acceptors (Lipinski definition) is 2. The molecular formula is C9H10FNO. The van der Waals surface area contributed by atoms with Gasteiger partial charge in [0.05, 0.1) is 5.69 Å². The summed E-state index contributed by atoms with van der Waals surface area (Å²) < 4.78 is 12.6. The first-order valence-electron chi connectivity index (χ1n) is 3.71. The standard InChI is InChI=1S/C9H10FNO/c10-8-4-3-7(2-1-5-12)6-9(8)11/h3-6H,1-2,11H2. The van der Waals surface area contributed by atoms with Gasteiger partial charge in [0.15, 0.2) is 0 Å². The van der Waals surface area contributed by atoms with Crippen molar-refractivity contribution in [3.8, 4) is 0 Å². The number of carbonyl (C=O) groups excluding carboxylic acids is 1. The van der Waals surface area contributed by atoms with E-state index in [0.29, 0.717) is 12.8 Å². The van der Waals surface area contributed by atoms with Crippen LogP contribution in [0.15, 0.2) is 18.2 Å². The summed E-state index contributed by atoms with van der Waals surface area (Å²) in [6.07, 6.45) is 1.90. The smallest absolute Gasteiger partial charge is 0.146 e. The summed E-state index contributed by atoms with van der Waals surface area (Å²) in [7, 11) is 0. The molecular weight excluding hydrogens is 157 g/mol. The largest absolute Gasteiger partial charge is 0.396 e. The number of carbonyl (C=O) groups is 1. The number of aldehydes is 1. The van der Waals surface area contributed by atoms with Gasteiger partial charge in [-0.15, -0.1) is 0 Å². The molecule has 0 fully saturated rings. The van der Waals surface area contributed by atoms with Crippen molar-refractivity contribution >= 4 is 12.0 Å². The summed E-state index contributed by atoms with van der Waals surface area (Å²) in [6, 6.07) is 4.50. The van der Waals surface area contributed by atoms with Crippen LogP contribution in [0, 0.1) is 5.82 Å². The number of rotatable bonds is 3. The van der Waals surface area contributed by atoms with Gasteiger partial charge in [0, 0.05) is 6.42 Å². The molecule has 12 heavy (non-hydrogen) atoms. The van der Waals surface area contributed by atoms with E-state index in [-0.39, 0.29) is 5.69 Å². The van der Waals surface area contributed by atoms with Gasteiger partial charge in [0.1, 0.15) is 12.1 Å². The highest BCUT2D eigenvalue weighted by Crippen LogP contribution is 2.12. The van der Waals surface area contributed by atoms with Crippen molar-refractivity contribution in [3.63, 3.8) is 0 Å². The van der Waals surface area contributed by atoms with Gasteiger partial charge < -0.3 is 10.5 Å². The predicted molar refractivity (Wildman–Crippen MR) is 45.2 cm³/mol. The number of anilines is 1. The van der Waals surface area contributed by atoms with Gasteiger partial charge in [-0.3, -0.25) is 0 Å². The van der Waals surface area contributed by atoms with E-state index in [1.165, 1.54) is 6.07 Å². The molecule has 0 unspecified atom stereocenters. The van der Waals surface area contributed by atoms with E-state index in [9.17, 15) is 9.18 Å². The SMILES string of the molecule is Nc1cc(CCC=O)ccc1F. The van der Waals surface area contributed by atoms with Gasteiger partial charge in [-0.05, 0) is 24.1 Å². The number of hydrogen-bond donors (Lipinski definition) is 1. The zero-order valence-corrected chi connectivity index (χ0v) is 6.59. The van der Waals surface area contributed by atoms with Crippen LogP contribution in [0.2, 0.25) is 0 Å². The summed E-state index contributed by atoms with van der Waals surface area (Å²) >= 11 is 0. The highest BCUT2D eigenvalue weighted by Gasteiger charge is 1.98. The van der Waals surface area contributed by atoms with Crippen molar-refractivity contribution in [2.24, 2.45) is 0 Å². The first kappa shape index (κ1) is 8.71. The quantitative estimate of drug-likeness (QED) is 0.548. The minimum Gasteiger partial charge on any atom is -0.396 e. The topological polar surface area (TPSA) is 43.1 Å².